The Morgan fingerprint density at radius 3 is 2.12 bits per heavy atom. The summed E-state index contributed by atoms with van der Waals surface area (Å²) in [6, 6.07) is 23.6. The minimum atomic E-state index is -3.63. The molecule has 41 heavy (non-hydrogen) atoms. The molecule has 0 saturated carbocycles. The number of hydrogen-bond acceptors (Lipinski definition) is 4. The number of halogens is 1. The lowest BCUT2D eigenvalue weighted by Gasteiger charge is -2.33. The van der Waals surface area contributed by atoms with Crippen LogP contribution in [0.5, 0.6) is 0 Å². The molecule has 0 heterocycles. The zero-order valence-electron chi connectivity index (χ0n) is 24.2. The molecule has 7 nitrogen and oxygen atoms in total. The number of carbonyl (C=O) groups excluding carboxylic acids is 2. The second kappa shape index (κ2) is 15.0. The third-order valence-corrected chi connectivity index (χ3v) is 8.72. The van der Waals surface area contributed by atoms with Crippen LogP contribution in [0.3, 0.4) is 0 Å². The number of anilines is 1. The van der Waals surface area contributed by atoms with E-state index in [1.54, 1.807) is 30.0 Å². The van der Waals surface area contributed by atoms with Crippen LogP contribution in [0.4, 0.5) is 5.69 Å². The quantitative estimate of drug-likeness (QED) is 0.256. The first-order valence-corrected chi connectivity index (χ1v) is 16.1. The number of carbonyl (C=O) groups is 2. The van der Waals surface area contributed by atoms with E-state index < -0.39 is 16.1 Å². The average molecular weight is 598 g/mol. The van der Waals surface area contributed by atoms with E-state index in [9.17, 15) is 18.0 Å². The summed E-state index contributed by atoms with van der Waals surface area (Å²) < 4.78 is 26.7. The summed E-state index contributed by atoms with van der Waals surface area (Å²) in [4.78, 5) is 29.1. The molecule has 2 amide bonds. The molecule has 0 unspecified atom stereocenters. The van der Waals surface area contributed by atoms with Crippen LogP contribution >= 0.6 is 11.6 Å². The summed E-state index contributed by atoms with van der Waals surface area (Å²) in [5.74, 6) is -0.426. The van der Waals surface area contributed by atoms with E-state index in [2.05, 4.69) is 5.32 Å². The van der Waals surface area contributed by atoms with E-state index in [1.807, 2.05) is 74.5 Å². The highest BCUT2D eigenvalue weighted by molar-refractivity contribution is 7.92. The van der Waals surface area contributed by atoms with Crippen molar-refractivity contribution in [3.05, 3.63) is 101 Å². The molecule has 2 atom stereocenters. The first-order chi connectivity index (χ1) is 19.5. The minimum absolute atomic E-state index is 0.0429. The first-order valence-electron chi connectivity index (χ1n) is 13.9. The molecule has 9 heteroatoms. The molecule has 3 aromatic carbocycles. The largest absolute Gasteiger partial charge is 0.352 e. The van der Waals surface area contributed by atoms with Crippen molar-refractivity contribution in [1.29, 1.82) is 0 Å². The van der Waals surface area contributed by atoms with Gasteiger partial charge in [0, 0.05) is 37.0 Å². The van der Waals surface area contributed by atoms with Gasteiger partial charge in [-0.2, -0.15) is 0 Å². The summed E-state index contributed by atoms with van der Waals surface area (Å²) in [6.45, 7) is 6.08. The molecule has 0 spiro atoms. The van der Waals surface area contributed by atoms with Crippen LogP contribution in [0, 0.1) is 6.92 Å². The van der Waals surface area contributed by atoms with Gasteiger partial charge in [-0.3, -0.25) is 13.9 Å². The van der Waals surface area contributed by atoms with Crippen molar-refractivity contribution in [2.24, 2.45) is 0 Å². The van der Waals surface area contributed by atoms with Crippen LogP contribution in [0.15, 0.2) is 78.9 Å². The van der Waals surface area contributed by atoms with Crippen LogP contribution in [0.2, 0.25) is 5.02 Å². The van der Waals surface area contributed by atoms with Crippen molar-refractivity contribution in [3.63, 3.8) is 0 Å². The number of nitrogens with zero attached hydrogens (tertiary/aromatic N) is 2. The van der Waals surface area contributed by atoms with Gasteiger partial charge >= 0.3 is 0 Å². The number of sulfonamides is 1. The minimum Gasteiger partial charge on any atom is -0.352 e. The number of amides is 2. The van der Waals surface area contributed by atoms with E-state index >= 15 is 0 Å². The monoisotopic (exact) mass is 597 g/mol. The van der Waals surface area contributed by atoms with Crippen molar-refractivity contribution in [3.8, 4) is 0 Å². The maximum Gasteiger partial charge on any atom is 0.243 e. The Kier molecular flexibility index (Phi) is 11.8. The predicted molar refractivity (Wildman–Crippen MR) is 166 cm³/mol. The van der Waals surface area contributed by atoms with Gasteiger partial charge in [0.15, 0.2) is 0 Å². The molecule has 3 rings (SSSR count). The highest BCUT2D eigenvalue weighted by atomic mass is 35.5. The van der Waals surface area contributed by atoms with Crippen LogP contribution in [-0.2, 0) is 32.6 Å². The van der Waals surface area contributed by atoms with Gasteiger partial charge in [0.2, 0.25) is 21.8 Å². The van der Waals surface area contributed by atoms with Gasteiger partial charge in [0.25, 0.3) is 0 Å². The summed E-state index contributed by atoms with van der Waals surface area (Å²) in [5, 5.41) is 3.54. The highest BCUT2D eigenvalue weighted by Crippen LogP contribution is 2.28. The lowest BCUT2D eigenvalue weighted by atomic mass is 10.0. The number of rotatable bonds is 14. The number of benzene rings is 3. The Balaban J connectivity index is 1.89. The summed E-state index contributed by atoms with van der Waals surface area (Å²) >= 11 is 6.27. The molecule has 0 aliphatic rings. The topological polar surface area (TPSA) is 86.8 Å². The van der Waals surface area contributed by atoms with Gasteiger partial charge in [-0.15, -0.1) is 0 Å². The van der Waals surface area contributed by atoms with E-state index in [0.29, 0.717) is 22.7 Å². The van der Waals surface area contributed by atoms with Crippen molar-refractivity contribution >= 4 is 39.1 Å². The standard InChI is InChI=1S/C32H40ClN3O4S/c1-5-24(2)34-32(38)30(22-26-14-8-6-9-15-26)35(23-27-16-10-7-11-17-27)31(37)20-13-21-36(41(4,39)40)29-19-12-18-28(33)25(29)3/h6-12,14-19,24,30H,5,13,20-23H2,1-4H3,(H,34,38)/t24-,30-/m1/s1. The average Bonchev–Trinajstić information content (AvgIpc) is 2.95. The predicted octanol–water partition coefficient (Wildman–Crippen LogP) is 5.75. The molecule has 0 aromatic heterocycles. The zero-order valence-corrected chi connectivity index (χ0v) is 25.8. The molecular formula is C32H40ClN3O4S. The van der Waals surface area contributed by atoms with Crippen LogP contribution in [0.25, 0.3) is 0 Å². The van der Waals surface area contributed by atoms with Gasteiger partial charge in [-0.25, -0.2) is 8.42 Å². The molecule has 0 aliphatic carbocycles. The zero-order chi connectivity index (χ0) is 30.0. The molecule has 0 aliphatic heterocycles. The number of nitrogens with one attached hydrogen (secondary N) is 1. The van der Waals surface area contributed by atoms with Crippen molar-refractivity contribution in [2.75, 3.05) is 17.1 Å². The molecule has 0 radical (unpaired) electrons. The van der Waals surface area contributed by atoms with Crippen LogP contribution in [-0.4, -0.2) is 50.0 Å². The molecule has 0 bridgehead atoms. The second-order valence-corrected chi connectivity index (χ2v) is 12.7. The molecule has 3 aromatic rings. The van der Waals surface area contributed by atoms with Crippen molar-refractivity contribution in [1.82, 2.24) is 10.2 Å². The molecule has 1 N–H and O–H groups in total. The second-order valence-electron chi connectivity index (χ2n) is 10.4. The molecular weight excluding hydrogens is 558 g/mol. The Morgan fingerprint density at radius 2 is 1.54 bits per heavy atom. The summed E-state index contributed by atoms with van der Waals surface area (Å²) in [7, 11) is -3.63. The third-order valence-electron chi connectivity index (χ3n) is 7.13. The van der Waals surface area contributed by atoms with Crippen molar-refractivity contribution < 1.29 is 18.0 Å². The Labute approximate surface area is 249 Å². The van der Waals surface area contributed by atoms with Crippen LogP contribution in [0.1, 0.15) is 49.8 Å². The van der Waals surface area contributed by atoms with Gasteiger partial charge < -0.3 is 10.2 Å². The molecule has 0 saturated heterocycles. The maximum absolute atomic E-state index is 13.9. The van der Waals surface area contributed by atoms with E-state index in [4.69, 9.17) is 11.6 Å². The van der Waals surface area contributed by atoms with E-state index in [1.165, 1.54) is 4.31 Å². The van der Waals surface area contributed by atoms with Gasteiger partial charge in [0.05, 0.1) is 11.9 Å². The Morgan fingerprint density at radius 1 is 0.927 bits per heavy atom. The normalized spacial score (nSPS) is 12.8. The van der Waals surface area contributed by atoms with Crippen LogP contribution < -0.4 is 9.62 Å². The Hall–Kier alpha value is -3.36. The van der Waals surface area contributed by atoms with E-state index in [-0.39, 0.29) is 43.8 Å². The fraction of sp³-hybridized carbons (Fsp3) is 0.375. The fourth-order valence-electron chi connectivity index (χ4n) is 4.62. The SMILES string of the molecule is CC[C@@H](C)NC(=O)[C@@H](Cc1ccccc1)N(Cc1ccccc1)C(=O)CCCN(c1cccc(Cl)c1C)S(C)(=O)=O. The number of hydrogen-bond donors (Lipinski definition) is 1. The fourth-order valence-corrected chi connectivity index (χ4v) is 5.81. The lowest BCUT2D eigenvalue weighted by Crippen LogP contribution is -2.52. The van der Waals surface area contributed by atoms with E-state index in [0.717, 1.165) is 23.8 Å². The first kappa shape index (κ1) is 32.2. The molecule has 220 valence electrons. The maximum atomic E-state index is 13.9. The van der Waals surface area contributed by atoms with Gasteiger partial charge in [-0.05, 0) is 55.5 Å². The van der Waals surface area contributed by atoms with Gasteiger partial charge in [-0.1, -0.05) is 85.3 Å². The molecule has 0 fully saturated rings. The lowest BCUT2D eigenvalue weighted by molar-refractivity contribution is -0.141. The summed E-state index contributed by atoms with van der Waals surface area (Å²) in [6.07, 6.45) is 2.61. The van der Waals surface area contributed by atoms with Crippen molar-refractivity contribution in [2.45, 2.75) is 65.1 Å². The summed E-state index contributed by atoms with van der Waals surface area (Å²) in [5.41, 5.74) is 3.00. The third kappa shape index (κ3) is 9.33. The smallest absolute Gasteiger partial charge is 0.243 e. The van der Waals surface area contributed by atoms with Gasteiger partial charge in [0.1, 0.15) is 6.04 Å². The highest BCUT2D eigenvalue weighted by Gasteiger charge is 2.31. The Bertz CT molecular complexity index is 1400.